The average Bonchev–Trinajstić information content (AvgIpc) is 2.44. The van der Waals surface area contributed by atoms with Crippen molar-refractivity contribution in [3.05, 3.63) is 0 Å². The van der Waals surface area contributed by atoms with Gasteiger partial charge in [-0.3, -0.25) is 9.69 Å². The van der Waals surface area contributed by atoms with Crippen LogP contribution >= 0.6 is 0 Å². The lowest BCUT2D eigenvalue weighted by atomic mass is 9.88. The molecule has 0 radical (unpaired) electrons. The van der Waals surface area contributed by atoms with Crippen LogP contribution in [-0.2, 0) is 9.53 Å². The molecular weight excluding hydrogens is 280 g/mol. The van der Waals surface area contributed by atoms with E-state index in [2.05, 4.69) is 25.7 Å². The van der Waals surface area contributed by atoms with Crippen molar-refractivity contribution in [1.29, 1.82) is 0 Å². The number of carbonyl (C=O) groups is 1. The Morgan fingerprint density at radius 1 is 1.27 bits per heavy atom. The molecule has 5 nitrogen and oxygen atoms in total. The molecule has 0 aromatic heterocycles. The Labute approximate surface area is 134 Å². The summed E-state index contributed by atoms with van der Waals surface area (Å²) in [6.45, 7) is 10.1. The largest absolute Gasteiger partial charge is 0.381 e. The fourth-order valence-corrected chi connectivity index (χ4v) is 3.61. The van der Waals surface area contributed by atoms with Crippen LogP contribution in [0.25, 0.3) is 0 Å². The van der Waals surface area contributed by atoms with E-state index in [1.807, 2.05) is 4.90 Å². The Bertz CT molecular complexity index is 386. The second kappa shape index (κ2) is 6.85. The van der Waals surface area contributed by atoms with Crippen LogP contribution in [0.1, 0.15) is 46.5 Å². The Kier molecular flexibility index (Phi) is 5.51. The lowest BCUT2D eigenvalue weighted by molar-refractivity contribution is -0.161. The monoisotopic (exact) mass is 312 g/mol. The molecule has 1 atom stereocenters. The highest BCUT2D eigenvalue weighted by atomic mass is 16.5. The van der Waals surface area contributed by atoms with Crippen molar-refractivity contribution in [2.75, 3.05) is 39.8 Å². The average molecular weight is 312 g/mol. The summed E-state index contributed by atoms with van der Waals surface area (Å²) in [5.74, 6) is -0.0810. The Morgan fingerprint density at radius 2 is 1.91 bits per heavy atom. The number of methoxy groups -OCH3 is 1. The van der Waals surface area contributed by atoms with Crippen molar-refractivity contribution < 1.29 is 14.6 Å². The first-order chi connectivity index (χ1) is 10.2. The Morgan fingerprint density at radius 3 is 2.45 bits per heavy atom. The van der Waals surface area contributed by atoms with Crippen LogP contribution in [0.5, 0.6) is 0 Å². The Hall–Kier alpha value is -0.650. The normalized spacial score (nSPS) is 29.1. The van der Waals surface area contributed by atoms with E-state index < -0.39 is 5.60 Å². The molecule has 2 saturated heterocycles. The maximum Gasteiger partial charge on any atom is 0.255 e. The van der Waals surface area contributed by atoms with Gasteiger partial charge in [-0.1, -0.05) is 20.8 Å². The summed E-state index contributed by atoms with van der Waals surface area (Å²) in [5.41, 5.74) is -1.14. The predicted octanol–water partition coefficient (Wildman–Crippen LogP) is 1.50. The quantitative estimate of drug-likeness (QED) is 0.855. The highest BCUT2D eigenvalue weighted by Gasteiger charge is 2.44. The van der Waals surface area contributed by atoms with Gasteiger partial charge < -0.3 is 14.7 Å². The van der Waals surface area contributed by atoms with Crippen molar-refractivity contribution in [2.45, 2.75) is 58.2 Å². The lowest BCUT2D eigenvalue weighted by Crippen LogP contribution is -2.60. The first-order valence-electron chi connectivity index (χ1n) is 8.50. The molecule has 1 N–H and O–H groups in total. The first-order valence-corrected chi connectivity index (χ1v) is 8.50. The van der Waals surface area contributed by atoms with E-state index in [1.165, 1.54) is 0 Å². The third kappa shape index (κ3) is 4.43. The van der Waals surface area contributed by atoms with Gasteiger partial charge in [0.25, 0.3) is 5.91 Å². The van der Waals surface area contributed by atoms with Crippen LogP contribution in [0.3, 0.4) is 0 Å². The number of carbonyl (C=O) groups excluding carboxylic acids is 1. The topological polar surface area (TPSA) is 53.0 Å². The van der Waals surface area contributed by atoms with Gasteiger partial charge in [0, 0.05) is 39.8 Å². The van der Waals surface area contributed by atoms with Gasteiger partial charge in [-0.05, 0) is 31.1 Å². The van der Waals surface area contributed by atoms with E-state index >= 15 is 0 Å². The van der Waals surface area contributed by atoms with Crippen molar-refractivity contribution in [2.24, 2.45) is 5.41 Å². The zero-order valence-electron chi connectivity index (χ0n) is 14.6. The van der Waals surface area contributed by atoms with E-state index in [-0.39, 0.29) is 11.3 Å². The molecule has 5 heteroatoms. The van der Waals surface area contributed by atoms with E-state index in [4.69, 9.17) is 4.74 Å². The fourth-order valence-electron chi connectivity index (χ4n) is 3.61. The molecule has 2 rings (SSSR count). The number of aliphatic hydroxyl groups is 1. The van der Waals surface area contributed by atoms with E-state index in [9.17, 15) is 9.90 Å². The summed E-state index contributed by atoms with van der Waals surface area (Å²) in [6, 6.07) is 0. The van der Waals surface area contributed by atoms with Gasteiger partial charge in [-0.15, -0.1) is 0 Å². The third-order valence-electron chi connectivity index (χ3n) is 4.72. The van der Waals surface area contributed by atoms with E-state index in [0.29, 0.717) is 25.6 Å². The van der Waals surface area contributed by atoms with Crippen LogP contribution in [-0.4, -0.2) is 72.4 Å². The maximum atomic E-state index is 12.7. The fraction of sp³-hybridized carbons (Fsp3) is 0.941. The molecule has 0 saturated carbocycles. The van der Waals surface area contributed by atoms with Gasteiger partial charge in [0.1, 0.15) is 0 Å². The minimum Gasteiger partial charge on any atom is -0.381 e. The molecule has 0 unspecified atom stereocenters. The molecule has 0 spiro atoms. The molecule has 0 aromatic rings. The second-order valence-corrected chi connectivity index (χ2v) is 8.13. The number of amides is 1. The molecular formula is C17H32N2O3. The molecule has 0 aliphatic carbocycles. The van der Waals surface area contributed by atoms with Crippen LogP contribution in [0.15, 0.2) is 0 Å². The number of β-amino-alcohol motifs (C(OH)–C–C–N with tert-alkyl or cyclic N) is 1. The van der Waals surface area contributed by atoms with Crippen molar-refractivity contribution in [3.63, 3.8) is 0 Å². The smallest absolute Gasteiger partial charge is 0.255 e. The zero-order valence-corrected chi connectivity index (χ0v) is 14.6. The SMILES string of the molecule is COC1CCN(C[C@@]2(O)CCCN(CC(C)(C)C)C2=O)CC1. The first kappa shape index (κ1) is 17.7. The van der Waals surface area contributed by atoms with E-state index in [0.717, 1.165) is 38.9 Å². The summed E-state index contributed by atoms with van der Waals surface area (Å²) in [4.78, 5) is 16.8. The molecule has 22 heavy (non-hydrogen) atoms. The van der Waals surface area contributed by atoms with Gasteiger partial charge in [0.2, 0.25) is 0 Å². The zero-order chi connectivity index (χ0) is 16.4. The maximum absolute atomic E-state index is 12.7. The molecule has 2 heterocycles. The highest BCUT2D eigenvalue weighted by Crippen LogP contribution is 2.28. The molecule has 0 aromatic carbocycles. The van der Waals surface area contributed by atoms with Gasteiger partial charge in [-0.2, -0.15) is 0 Å². The summed E-state index contributed by atoms with van der Waals surface area (Å²) >= 11 is 0. The minimum atomic E-state index is -1.20. The summed E-state index contributed by atoms with van der Waals surface area (Å²) in [7, 11) is 1.75. The van der Waals surface area contributed by atoms with Crippen LogP contribution in [0.2, 0.25) is 0 Å². The number of rotatable bonds is 4. The number of likely N-dealkylation sites (tertiary alicyclic amines) is 2. The minimum absolute atomic E-state index is 0.0602. The van der Waals surface area contributed by atoms with Crippen molar-refractivity contribution >= 4 is 5.91 Å². The highest BCUT2D eigenvalue weighted by molar-refractivity contribution is 5.86. The number of piperidine rings is 2. The van der Waals surface area contributed by atoms with Gasteiger partial charge in [-0.25, -0.2) is 0 Å². The summed E-state index contributed by atoms with van der Waals surface area (Å²) in [6.07, 6.45) is 3.74. The lowest BCUT2D eigenvalue weighted by Gasteiger charge is -2.43. The third-order valence-corrected chi connectivity index (χ3v) is 4.72. The summed E-state index contributed by atoms with van der Waals surface area (Å²) < 4.78 is 5.38. The number of hydrogen-bond donors (Lipinski definition) is 1. The van der Waals surface area contributed by atoms with Crippen molar-refractivity contribution in [1.82, 2.24) is 9.80 Å². The predicted molar refractivity (Wildman–Crippen MR) is 86.7 cm³/mol. The molecule has 2 aliphatic heterocycles. The molecule has 2 aliphatic rings. The van der Waals surface area contributed by atoms with Gasteiger partial charge in [0.05, 0.1) is 6.10 Å². The van der Waals surface area contributed by atoms with Crippen LogP contribution in [0.4, 0.5) is 0 Å². The van der Waals surface area contributed by atoms with Crippen molar-refractivity contribution in [3.8, 4) is 0 Å². The molecule has 0 bridgehead atoms. The Balaban J connectivity index is 1.95. The van der Waals surface area contributed by atoms with Crippen LogP contribution in [0, 0.1) is 5.41 Å². The number of nitrogens with zero attached hydrogens (tertiary/aromatic N) is 2. The summed E-state index contributed by atoms with van der Waals surface area (Å²) in [5, 5.41) is 10.9. The van der Waals surface area contributed by atoms with Gasteiger partial charge in [0.15, 0.2) is 5.60 Å². The molecule has 2 fully saturated rings. The number of ether oxygens (including phenoxy) is 1. The molecule has 1 amide bonds. The van der Waals surface area contributed by atoms with Crippen LogP contribution < -0.4 is 0 Å². The number of hydrogen-bond acceptors (Lipinski definition) is 4. The van der Waals surface area contributed by atoms with E-state index in [1.54, 1.807) is 7.11 Å². The molecule has 128 valence electrons. The second-order valence-electron chi connectivity index (χ2n) is 8.13. The standard InChI is InChI=1S/C17H32N2O3/c1-16(2,3)12-19-9-5-8-17(21,15(19)20)13-18-10-6-14(22-4)7-11-18/h14,21H,5-13H2,1-4H3/t17-/m0/s1. The van der Waals surface area contributed by atoms with Gasteiger partial charge >= 0.3 is 0 Å².